The zero-order valence-electron chi connectivity index (χ0n) is 19.8. The van der Waals surface area contributed by atoms with E-state index in [0.29, 0.717) is 32.1 Å². The van der Waals surface area contributed by atoms with E-state index in [2.05, 4.69) is 20.2 Å². The van der Waals surface area contributed by atoms with Crippen molar-refractivity contribution in [2.45, 2.75) is 26.2 Å². The van der Waals surface area contributed by atoms with Gasteiger partial charge in [0.1, 0.15) is 12.0 Å². The SMILES string of the molecule is COc1ccccc1CN(Cc1ccc2c(c1)OCO2)Cc1nc(C(=O)NCc2ccccn2)co1. The van der Waals surface area contributed by atoms with Crippen LogP contribution in [0.3, 0.4) is 0 Å². The summed E-state index contributed by atoms with van der Waals surface area (Å²) in [5.74, 6) is 2.39. The van der Waals surface area contributed by atoms with Gasteiger partial charge in [-0.1, -0.05) is 30.3 Å². The molecular weight excluding hydrogens is 460 g/mol. The molecule has 0 bridgehead atoms. The van der Waals surface area contributed by atoms with Crippen LogP contribution in [0.25, 0.3) is 0 Å². The minimum absolute atomic E-state index is 0.223. The molecule has 3 heterocycles. The number of carbonyl (C=O) groups excluding carboxylic acids is 1. The third kappa shape index (κ3) is 5.64. The molecule has 0 saturated carbocycles. The summed E-state index contributed by atoms with van der Waals surface area (Å²) in [6.45, 7) is 2.11. The molecule has 0 spiro atoms. The van der Waals surface area contributed by atoms with Crippen molar-refractivity contribution in [2.75, 3.05) is 13.9 Å². The summed E-state index contributed by atoms with van der Waals surface area (Å²) in [6, 6.07) is 19.3. The van der Waals surface area contributed by atoms with Crippen molar-refractivity contribution in [3.63, 3.8) is 0 Å². The van der Waals surface area contributed by atoms with Crippen LogP contribution in [0, 0.1) is 0 Å². The monoisotopic (exact) mass is 486 g/mol. The lowest BCUT2D eigenvalue weighted by molar-refractivity contribution is 0.0945. The Labute approximate surface area is 208 Å². The van der Waals surface area contributed by atoms with Crippen LogP contribution < -0.4 is 19.5 Å². The van der Waals surface area contributed by atoms with Gasteiger partial charge in [-0.3, -0.25) is 14.7 Å². The third-order valence-electron chi connectivity index (χ3n) is 5.73. The highest BCUT2D eigenvalue weighted by atomic mass is 16.7. The molecule has 2 aromatic heterocycles. The topological polar surface area (TPSA) is 99.0 Å². The molecule has 2 aromatic carbocycles. The number of nitrogens with one attached hydrogen (secondary N) is 1. The predicted octanol–water partition coefficient (Wildman–Crippen LogP) is 3.94. The summed E-state index contributed by atoms with van der Waals surface area (Å²) in [5, 5.41) is 2.82. The molecule has 5 rings (SSSR count). The second-order valence-electron chi connectivity index (χ2n) is 8.27. The molecule has 0 aliphatic carbocycles. The van der Waals surface area contributed by atoms with E-state index in [1.165, 1.54) is 6.26 Å². The van der Waals surface area contributed by atoms with Gasteiger partial charge in [0.25, 0.3) is 5.91 Å². The van der Waals surface area contributed by atoms with E-state index in [4.69, 9.17) is 18.6 Å². The van der Waals surface area contributed by atoms with Crippen LogP contribution in [0.1, 0.15) is 33.2 Å². The Morgan fingerprint density at radius 3 is 2.75 bits per heavy atom. The fourth-order valence-electron chi connectivity index (χ4n) is 3.98. The number of fused-ring (bicyclic) bond motifs is 1. The average molecular weight is 487 g/mol. The molecule has 1 aliphatic heterocycles. The van der Waals surface area contributed by atoms with E-state index >= 15 is 0 Å². The van der Waals surface area contributed by atoms with Crippen molar-refractivity contribution in [1.29, 1.82) is 0 Å². The van der Waals surface area contributed by atoms with Crippen LogP contribution in [0.4, 0.5) is 0 Å². The van der Waals surface area contributed by atoms with Gasteiger partial charge in [0.15, 0.2) is 17.2 Å². The minimum atomic E-state index is -0.317. The Morgan fingerprint density at radius 2 is 1.89 bits per heavy atom. The van der Waals surface area contributed by atoms with Gasteiger partial charge in [0, 0.05) is 24.8 Å². The van der Waals surface area contributed by atoms with Crippen molar-refractivity contribution in [3.05, 3.63) is 102 Å². The Bertz CT molecular complexity index is 1320. The lowest BCUT2D eigenvalue weighted by Gasteiger charge is -2.22. The lowest BCUT2D eigenvalue weighted by Crippen LogP contribution is -2.24. The lowest BCUT2D eigenvalue weighted by atomic mass is 10.1. The fraction of sp³-hybridized carbons (Fsp3) is 0.222. The highest BCUT2D eigenvalue weighted by Gasteiger charge is 2.19. The standard InChI is InChI=1S/C27H26N4O5/c1-33-23-8-3-2-6-20(23)15-31(14-19-9-10-24-25(12-19)36-18-35-24)16-26-30-22(17-34-26)27(32)29-13-21-7-4-5-11-28-21/h2-12,17H,13-16,18H2,1H3,(H,29,32). The molecule has 1 amide bonds. The molecule has 36 heavy (non-hydrogen) atoms. The van der Waals surface area contributed by atoms with Crippen LogP contribution in [-0.4, -0.2) is 34.7 Å². The first kappa shape index (κ1) is 23.4. The zero-order valence-corrected chi connectivity index (χ0v) is 19.8. The number of hydrogen-bond acceptors (Lipinski definition) is 8. The van der Waals surface area contributed by atoms with E-state index in [1.54, 1.807) is 13.3 Å². The molecule has 9 nitrogen and oxygen atoms in total. The number of carbonyl (C=O) groups is 1. The van der Waals surface area contributed by atoms with E-state index in [9.17, 15) is 4.79 Å². The third-order valence-corrected chi connectivity index (χ3v) is 5.73. The van der Waals surface area contributed by atoms with Crippen LogP contribution in [0.15, 0.2) is 77.5 Å². The molecule has 0 radical (unpaired) electrons. The molecule has 0 unspecified atom stereocenters. The van der Waals surface area contributed by atoms with Crippen molar-refractivity contribution in [2.24, 2.45) is 0 Å². The fourth-order valence-corrected chi connectivity index (χ4v) is 3.98. The number of amides is 1. The number of para-hydroxylation sites is 1. The largest absolute Gasteiger partial charge is 0.496 e. The molecule has 0 atom stereocenters. The number of aromatic nitrogens is 2. The summed E-state index contributed by atoms with van der Waals surface area (Å²) in [5.41, 5.74) is 3.07. The van der Waals surface area contributed by atoms with E-state index in [1.807, 2.05) is 60.7 Å². The van der Waals surface area contributed by atoms with Crippen molar-refractivity contribution in [3.8, 4) is 17.2 Å². The van der Waals surface area contributed by atoms with Crippen LogP contribution in [0.2, 0.25) is 0 Å². The zero-order chi connectivity index (χ0) is 24.7. The summed E-state index contributed by atoms with van der Waals surface area (Å²) in [6.07, 6.45) is 3.07. The minimum Gasteiger partial charge on any atom is -0.496 e. The number of methoxy groups -OCH3 is 1. The quantitative estimate of drug-likeness (QED) is 0.360. The number of hydrogen-bond donors (Lipinski definition) is 1. The van der Waals surface area contributed by atoms with Gasteiger partial charge in [-0.15, -0.1) is 0 Å². The number of rotatable bonds is 10. The van der Waals surface area contributed by atoms with Gasteiger partial charge in [0.2, 0.25) is 12.7 Å². The molecule has 4 aromatic rings. The van der Waals surface area contributed by atoms with Crippen LogP contribution in [-0.2, 0) is 26.2 Å². The van der Waals surface area contributed by atoms with Crippen LogP contribution in [0.5, 0.6) is 17.2 Å². The number of pyridine rings is 1. The summed E-state index contributed by atoms with van der Waals surface area (Å²) in [4.78, 5) is 23.4. The number of benzene rings is 2. The number of ether oxygens (including phenoxy) is 3. The molecule has 9 heteroatoms. The van der Waals surface area contributed by atoms with Crippen molar-refractivity contribution >= 4 is 5.91 Å². The van der Waals surface area contributed by atoms with Gasteiger partial charge in [0.05, 0.1) is 25.9 Å². The normalized spacial score (nSPS) is 12.1. The van der Waals surface area contributed by atoms with E-state index in [0.717, 1.165) is 34.1 Å². The van der Waals surface area contributed by atoms with Gasteiger partial charge >= 0.3 is 0 Å². The summed E-state index contributed by atoms with van der Waals surface area (Å²) >= 11 is 0. The maximum Gasteiger partial charge on any atom is 0.273 e. The first-order valence-corrected chi connectivity index (χ1v) is 11.5. The smallest absolute Gasteiger partial charge is 0.273 e. The van der Waals surface area contributed by atoms with E-state index in [-0.39, 0.29) is 18.4 Å². The average Bonchev–Trinajstić information content (AvgIpc) is 3.57. The Balaban J connectivity index is 1.30. The van der Waals surface area contributed by atoms with Crippen molar-refractivity contribution < 1.29 is 23.4 Å². The summed E-state index contributed by atoms with van der Waals surface area (Å²) in [7, 11) is 1.66. The van der Waals surface area contributed by atoms with E-state index < -0.39 is 0 Å². The van der Waals surface area contributed by atoms with Gasteiger partial charge < -0.3 is 23.9 Å². The molecular formula is C27H26N4O5. The predicted molar refractivity (Wildman–Crippen MR) is 130 cm³/mol. The van der Waals surface area contributed by atoms with Gasteiger partial charge in [-0.25, -0.2) is 4.98 Å². The van der Waals surface area contributed by atoms with Crippen molar-refractivity contribution in [1.82, 2.24) is 20.2 Å². The second kappa shape index (κ2) is 10.9. The van der Waals surface area contributed by atoms with Crippen LogP contribution >= 0.6 is 0 Å². The molecule has 184 valence electrons. The van der Waals surface area contributed by atoms with Gasteiger partial charge in [-0.2, -0.15) is 0 Å². The Morgan fingerprint density at radius 1 is 1.03 bits per heavy atom. The molecule has 0 fully saturated rings. The highest BCUT2D eigenvalue weighted by Crippen LogP contribution is 2.33. The van der Waals surface area contributed by atoms with Gasteiger partial charge in [-0.05, 0) is 35.9 Å². The maximum atomic E-state index is 12.6. The Kier molecular flexibility index (Phi) is 7.09. The highest BCUT2D eigenvalue weighted by molar-refractivity contribution is 5.91. The Hall–Kier alpha value is -4.37. The number of oxazole rings is 1. The first-order valence-electron chi connectivity index (χ1n) is 11.5. The summed E-state index contributed by atoms with van der Waals surface area (Å²) < 4.78 is 22.2. The second-order valence-corrected chi connectivity index (χ2v) is 8.27. The maximum absolute atomic E-state index is 12.6. The number of nitrogens with zero attached hydrogens (tertiary/aromatic N) is 3. The molecule has 1 N–H and O–H groups in total. The molecule has 1 aliphatic rings. The first-order chi connectivity index (χ1) is 17.7. The molecule has 0 saturated heterocycles.